The highest BCUT2D eigenvalue weighted by Gasteiger charge is 2.61. The molecule has 4 rings (SSSR count). The number of methoxy groups -OCH3 is 1. The monoisotopic (exact) mass is 403 g/mol. The second kappa shape index (κ2) is 7.31. The highest BCUT2D eigenvalue weighted by Crippen LogP contribution is 2.52. The van der Waals surface area contributed by atoms with Gasteiger partial charge in [0.2, 0.25) is 5.91 Å². The Morgan fingerprint density at radius 1 is 1.39 bits per heavy atom. The lowest BCUT2D eigenvalue weighted by Crippen LogP contribution is -2.47. The molecule has 0 aromatic carbocycles. The number of carbonyl (C=O) groups is 2. The summed E-state index contributed by atoms with van der Waals surface area (Å²) in [5.41, 5.74) is 3.82. The molecule has 2 aliphatic rings. The Kier molecular flexibility index (Phi) is 4.99. The molecular weight excluding hydrogens is 378 g/mol. The first-order chi connectivity index (χ1) is 13.5. The molecular formula is C20H25N3O4S. The van der Waals surface area contributed by atoms with Crippen LogP contribution in [-0.4, -0.2) is 46.1 Å². The van der Waals surface area contributed by atoms with Gasteiger partial charge < -0.3 is 14.2 Å². The van der Waals surface area contributed by atoms with Crippen LogP contribution in [0.2, 0.25) is 0 Å². The molecule has 3 atom stereocenters. The number of rotatable bonds is 6. The van der Waals surface area contributed by atoms with Crippen molar-refractivity contribution in [1.82, 2.24) is 15.0 Å². The van der Waals surface area contributed by atoms with Crippen molar-refractivity contribution >= 4 is 23.2 Å². The number of aromatic nitrogens is 2. The van der Waals surface area contributed by atoms with Crippen molar-refractivity contribution in [1.29, 1.82) is 0 Å². The van der Waals surface area contributed by atoms with Gasteiger partial charge in [-0.05, 0) is 39.5 Å². The number of fused-ring (bicyclic) bond motifs is 2. The third-order valence-corrected chi connectivity index (χ3v) is 7.01. The summed E-state index contributed by atoms with van der Waals surface area (Å²) < 4.78 is 10.4. The predicted octanol–water partition coefficient (Wildman–Crippen LogP) is 2.85. The Balaban J connectivity index is 1.54. The van der Waals surface area contributed by atoms with Crippen molar-refractivity contribution in [3.05, 3.63) is 33.6 Å². The zero-order valence-electron chi connectivity index (χ0n) is 16.4. The molecule has 150 valence electrons. The van der Waals surface area contributed by atoms with Gasteiger partial charge in [-0.15, -0.1) is 11.3 Å². The standard InChI is InChI=1S/C20H25N3O4S/c1-12-16(13(2)27-22-12)5-7-18(24)23-15-4-6-17(23)20(9-15,19(25)26-3)8-14-10-28-11-21-14/h10-11,15,17H,4-9H2,1-3H3/t15-,17+,20+/m1/s1. The van der Waals surface area contributed by atoms with Crippen LogP contribution in [0.3, 0.4) is 0 Å². The number of nitrogens with zero attached hydrogens (tertiary/aromatic N) is 3. The first-order valence-corrected chi connectivity index (χ1v) is 10.6. The van der Waals surface area contributed by atoms with Gasteiger partial charge in [-0.1, -0.05) is 5.16 Å². The highest BCUT2D eigenvalue weighted by molar-refractivity contribution is 7.07. The van der Waals surface area contributed by atoms with Gasteiger partial charge in [0.1, 0.15) is 5.76 Å². The van der Waals surface area contributed by atoms with E-state index in [1.807, 2.05) is 24.1 Å². The van der Waals surface area contributed by atoms with Crippen LogP contribution in [0.5, 0.6) is 0 Å². The molecule has 2 aliphatic heterocycles. The second-order valence-corrected chi connectivity index (χ2v) is 8.58. The Labute approximate surface area is 168 Å². The van der Waals surface area contributed by atoms with Gasteiger partial charge in [-0.3, -0.25) is 9.59 Å². The maximum absolute atomic E-state index is 13.1. The van der Waals surface area contributed by atoms with Gasteiger partial charge in [0.05, 0.1) is 29.4 Å². The summed E-state index contributed by atoms with van der Waals surface area (Å²) in [5, 5.41) is 5.94. The number of ether oxygens (including phenoxy) is 1. The molecule has 1 amide bonds. The molecule has 2 aromatic heterocycles. The van der Waals surface area contributed by atoms with Crippen molar-refractivity contribution < 1.29 is 18.8 Å². The lowest BCUT2D eigenvalue weighted by atomic mass is 9.71. The van der Waals surface area contributed by atoms with Crippen LogP contribution < -0.4 is 0 Å². The molecule has 2 bridgehead atoms. The van der Waals surface area contributed by atoms with E-state index in [2.05, 4.69) is 10.1 Å². The molecule has 2 aromatic rings. The zero-order chi connectivity index (χ0) is 19.9. The maximum Gasteiger partial charge on any atom is 0.314 e. The first-order valence-electron chi connectivity index (χ1n) is 9.64. The Bertz CT molecular complexity index is 859. The van der Waals surface area contributed by atoms with Gasteiger partial charge in [0, 0.05) is 35.9 Å². The number of carbonyl (C=O) groups excluding carboxylic acids is 2. The molecule has 28 heavy (non-hydrogen) atoms. The van der Waals surface area contributed by atoms with Crippen LogP contribution in [0, 0.1) is 19.3 Å². The Morgan fingerprint density at radius 3 is 2.86 bits per heavy atom. The average Bonchev–Trinajstić information content (AvgIpc) is 3.45. The SMILES string of the molecule is COC(=O)[C@@]1(Cc2cscn2)C[C@H]2CC[C@@H]1N2C(=O)CCc1c(C)noc1C. The van der Waals surface area contributed by atoms with Crippen molar-refractivity contribution in [2.24, 2.45) is 5.41 Å². The number of hydrogen-bond donors (Lipinski definition) is 0. The van der Waals surface area contributed by atoms with Gasteiger partial charge in [0.15, 0.2) is 0 Å². The third-order valence-electron chi connectivity index (χ3n) is 6.37. The van der Waals surface area contributed by atoms with Crippen molar-refractivity contribution in [3.8, 4) is 0 Å². The van der Waals surface area contributed by atoms with E-state index in [1.54, 1.807) is 5.51 Å². The van der Waals surface area contributed by atoms with Crippen LogP contribution in [0.4, 0.5) is 0 Å². The smallest absolute Gasteiger partial charge is 0.314 e. The normalized spacial score (nSPS) is 26.0. The quantitative estimate of drug-likeness (QED) is 0.690. The van der Waals surface area contributed by atoms with E-state index in [0.717, 1.165) is 35.6 Å². The van der Waals surface area contributed by atoms with Gasteiger partial charge in [-0.2, -0.15) is 0 Å². The molecule has 0 spiro atoms. The number of thiazole rings is 1. The minimum atomic E-state index is -0.690. The molecule has 0 unspecified atom stereocenters. The van der Waals surface area contributed by atoms with E-state index >= 15 is 0 Å². The molecule has 4 heterocycles. The summed E-state index contributed by atoms with van der Waals surface area (Å²) >= 11 is 1.52. The van der Waals surface area contributed by atoms with Gasteiger partial charge in [-0.25, -0.2) is 4.98 Å². The van der Waals surface area contributed by atoms with Gasteiger partial charge >= 0.3 is 5.97 Å². The molecule has 7 nitrogen and oxygen atoms in total. The molecule has 2 fully saturated rings. The first kappa shape index (κ1) is 19.1. The number of amides is 1. The number of hydrogen-bond acceptors (Lipinski definition) is 7. The second-order valence-electron chi connectivity index (χ2n) is 7.86. The summed E-state index contributed by atoms with van der Waals surface area (Å²) in [7, 11) is 1.43. The van der Waals surface area contributed by atoms with Crippen LogP contribution in [-0.2, 0) is 27.2 Å². The van der Waals surface area contributed by atoms with E-state index in [4.69, 9.17) is 9.26 Å². The fraction of sp³-hybridized carbons (Fsp3) is 0.600. The Morgan fingerprint density at radius 2 is 2.21 bits per heavy atom. The maximum atomic E-state index is 13.1. The largest absolute Gasteiger partial charge is 0.469 e. The van der Waals surface area contributed by atoms with Crippen LogP contribution >= 0.6 is 11.3 Å². The third kappa shape index (κ3) is 3.03. The van der Waals surface area contributed by atoms with E-state index < -0.39 is 5.41 Å². The minimum Gasteiger partial charge on any atom is -0.469 e. The predicted molar refractivity (Wildman–Crippen MR) is 103 cm³/mol. The number of aryl methyl sites for hydroxylation is 2. The molecule has 2 saturated heterocycles. The minimum absolute atomic E-state index is 0.0940. The van der Waals surface area contributed by atoms with E-state index in [1.165, 1.54) is 18.4 Å². The summed E-state index contributed by atoms with van der Waals surface area (Å²) in [6.07, 6.45) is 3.95. The van der Waals surface area contributed by atoms with Crippen molar-refractivity contribution in [3.63, 3.8) is 0 Å². The summed E-state index contributed by atoms with van der Waals surface area (Å²) in [4.78, 5) is 32.3. The lowest BCUT2D eigenvalue weighted by Gasteiger charge is -2.34. The Hall–Kier alpha value is -2.22. The van der Waals surface area contributed by atoms with Crippen molar-refractivity contribution in [2.75, 3.05) is 7.11 Å². The van der Waals surface area contributed by atoms with E-state index in [-0.39, 0.29) is 24.0 Å². The summed E-state index contributed by atoms with van der Waals surface area (Å²) in [6, 6.07) is -0.0243. The van der Waals surface area contributed by atoms with Gasteiger partial charge in [0.25, 0.3) is 0 Å². The summed E-state index contributed by atoms with van der Waals surface area (Å²) in [6.45, 7) is 3.77. The average molecular weight is 404 g/mol. The molecule has 0 N–H and O–H groups in total. The zero-order valence-corrected chi connectivity index (χ0v) is 17.3. The fourth-order valence-corrected chi connectivity index (χ4v) is 5.67. The van der Waals surface area contributed by atoms with Crippen LogP contribution in [0.15, 0.2) is 15.4 Å². The fourth-order valence-electron chi connectivity index (χ4n) is 5.11. The van der Waals surface area contributed by atoms with Crippen LogP contribution in [0.1, 0.15) is 48.4 Å². The summed E-state index contributed by atoms with van der Waals surface area (Å²) in [5.74, 6) is 0.634. The molecule has 0 aliphatic carbocycles. The van der Waals surface area contributed by atoms with Crippen LogP contribution in [0.25, 0.3) is 0 Å². The van der Waals surface area contributed by atoms with E-state index in [9.17, 15) is 9.59 Å². The molecule has 8 heteroatoms. The molecule has 0 radical (unpaired) electrons. The molecule has 0 saturated carbocycles. The highest BCUT2D eigenvalue weighted by atomic mass is 32.1. The topological polar surface area (TPSA) is 85.5 Å². The van der Waals surface area contributed by atoms with Crippen molar-refractivity contribution in [2.45, 2.75) is 64.5 Å². The van der Waals surface area contributed by atoms with E-state index in [0.29, 0.717) is 25.7 Å². The number of esters is 1. The lowest BCUT2D eigenvalue weighted by molar-refractivity contribution is -0.155.